The average molecular weight is 457 g/mol. The highest BCUT2D eigenvalue weighted by atomic mass is 79.9. The number of halogens is 1. The first-order chi connectivity index (χ1) is 13.8. The number of benzene rings is 2. The van der Waals surface area contributed by atoms with Gasteiger partial charge < -0.3 is 20.5 Å². The summed E-state index contributed by atoms with van der Waals surface area (Å²) < 4.78 is 5.78. The standard InChI is InChI=1S/C21H17BrN2O5/c1-12-18(20(26)27)19(24-21(28)23-12)14-8-9-16(15(22)11-14)29-17(25)10-7-13-5-3-2-4-6-13/h2-11,19H,1H3,(H,26,27)(H2,23,24,28). The number of carbonyl (C=O) groups is 3. The molecule has 0 aliphatic carbocycles. The number of nitrogens with one attached hydrogen (secondary N) is 2. The summed E-state index contributed by atoms with van der Waals surface area (Å²) in [5.41, 5.74) is 1.70. The van der Waals surface area contributed by atoms with Crippen molar-refractivity contribution in [3.63, 3.8) is 0 Å². The number of ether oxygens (including phenoxy) is 1. The number of carboxylic acid groups (broad SMARTS) is 1. The Hall–Kier alpha value is -3.39. The van der Waals surface area contributed by atoms with Crippen LogP contribution in [0.4, 0.5) is 4.79 Å². The molecule has 0 saturated carbocycles. The van der Waals surface area contributed by atoms with Crippen LogP contribution in [0.5, 0.6) is 5.75 Å². The number of hydrogen-bond acceptors (Lipinski definition) is 4. The minimum atomic E-state index is -1.14. The van der Waals surface area contributed by atoms with Crippen molar-refractivity contribution in [2.45, 2.75) is 13.0 Å². The highest BCUT2D eigenvalue weighted by molar-refractivity contribution is 9.10. The fourth-order valence-corrected chi connectivity index (χ4v) is 3.36. The molecule has 8 heteroatoms. The molecule has 3 N–H and O–H groups in total. The zero-order valence-electron chi connectivity index (χ0n) is 15.3. The summed E-state index contributed by atoms with van der Waals surface area (Å²) in [7, 11) is 0. The Morgan fingerprint density at radius 3 is 2.55 bits per heavy atom. The van der Waals surface area contributed by atoms with Crippen LogP contribution in [0.3, 0.4) is 0 Å². The van der Waals surface area contributed by atoms with E-state index in [-0.39, 0.29) is 17.0 Å². The summed E-state index contributed by atoms with van der Waals surface area (Å²) in [6.45, 7) is 1.53. The Morgan fingerprint density at radius 1 is 1.17 bits per heavy atom. The first-order valence-electron chi connectivity index (χ1n) is 8.61. The van der Waals surface area contributed by atoms with E-state index in [1.165, 1.54) is 19.1 Å². The lowest BCUT2D eigenvalue weighted by atomic mass is 9.95. The number of rotatable bonds is 5. The van der Waals surface area contributed by atoms with Crippen molar-refractivity contribution in [3.8, 4) is 5.75 Å². The second-order valence-electron chi connectivity index (χ2n) is 6.23. The Morgan fingerprint density at radius 2 is 1.90 bits per heavy atom. The molecule has 0 spiro atoms. The van der Waals surface area contributed by atoms with Gasteiger partial charge in [-0.2, -0.15) is 0 Å². The van der Waals surface area contributed by atoms with E-state index in [4.69, 9.17) is 4.74 Å². The van der Waals surface area contributed by atoms with Gasteiger partial charge in [0.15, 0.2) is 0 Å². The highest BCUT2D eigenvalue weighted by Crippen LogP contribution is 2.33. The molecule has 2 aromatic carbocycles. The van der Waals surface area contributed by atoms with E-state index in [1.807, 2.05) is 30.3 Å². The Labute approximate surface area is 175 Å². The Bertz CT molecular complexity index is 1030. The van der Waals surface area contributed by atoms with Crippen LogP contribution in [0.25, 0.3) is 6.08 Å². The maximum atomic E-state index is 12.1. The largest absolute Gasteiger partial charge is 0.478 e. The van der Waals surface area contributed by atoms with Crippen molar-refractivity contribution < 1.29 is 24.2 Å². The van der Waals surface area contributed by atoms with Gasteiger partial charge in [-0.25, -0.2) is 14.4 Å². The summed E-state index contributed by atoms with van der Waals surface area (Å²) in [6.07, 6.45) is 2.96. The van der Waals surface area contributed by atoms with E-state index in [0.717, 1.165) is 5.56 Å². The van der Waals surface area contributed by atoms with Crippen LogP contribution in [-0.4, -0.2) is 23.1 Å². The molecule has 0 saturated heterocycles. The SMILES string of the molecule is CC1=C(C(=O)O)C(c2ccc(OC(=O)C=Cc3ccccc3)c(Br)c2)NC(=O)N1. The molecular formula is C21H17BrN2O5. The minimum Gasteiger partial charge on any atom is -0.478 e. The smallest absolute Gasteiger partial charge is 0.336 e. The zero-order valence-corrected chi connectivity index (χ0v) is 16.9. The van der Waals surface area contributed by atoms with Crippen LogP contribution in [0.2, 0.25) is 0 Å². The molecule has 1 aliphatic rings. The van der Waals surface area contributed by atoms with Crippen LogP contribution >= 0.6 is 15.9 Å². The monoisotopic (exact) mass is 456 g/mol. The molecule has 1 atom stereocenters. The number of carboxylic acids is 1. The molecule has 0 radical (unpaired) electrons. The topological polar surface area (TPSA) is 105 Å². The van der Waals surface area contributed by atoms with Crippen molar-refractivity contribution in [1.29, 1.82) is 0 Å². The number of allylic oxidation sites excluding steroid dienone is 1. The van der Waals surface area contributed by atoms with E-state index in [1.54, 1.807) is 18.2 Å². The van der Waals surface area contributed by atoms with E-state index in [0.29, 0.717) is 10.0 Å². The molecule has 29 heavy (non-hydrogen) atoms. The van der Waals surface area contributed by atoms with Gasteiger partial charge in [0.1, 0.15) is 5.75 Å². The van der Waals surface area contributed by atoms with Crippen molar-refractivity contribution >= 4 is 40.0 Å². The minimum absolute atomic E-state index is 0.0343. The third kappa shape index (κ3) is 4.91. The fourth-order valence-electron chi connectivity index (χ4n) is 2.88. The van der Waals surface area contributed by atoms with E-state index < -0.39 is 24.0 Å². The van der Waals surface area contributed by atoms with E-state index >= 15 is 0 Å². The maximum absolute atomic E-state index is 12.1. The average Bonchev–Trinajstić information content (AvgIpc) is 2.67. The summed E-state index contributed by atoms with van der Waals surface area (Å²) in [5.74, 6) is -1.42. The molecule has 1 heterocycles. The fraction of sp³-hybridized carbons (Fsp3) is 0.0952. The van der Waals surface area contributed by atoms with Gasteiger partial charge in [0, 0.05) is 11.8 Å². The number of aliphatic carboxylic acids is 1. The third-order valence-corrected chi connectivity index (χ3v) is 4.83. The van der Waals surface area contributed by atoms with Gasteiger partial charge in [-0.3, -0.25) is 0 Å². The molecule has 0 bridgehead atoms. The van der Waals surface area contributed by atoms with Gasteiger partial charge >= 0.3 is 18.0 Å². The molecule has 0 aromatic heterocycles. The predicted molar refractivity (Wildman–Crippen MR) is 110 cm³/mol. The Balaban J connectivity index is 1.79. The first kappa shape index (κ1) is 20.3. The lowest BCUT2D eigenvalue weighted by molar-refractivity contribution is -0.133. The van der Waals surface area contributed by atoms with Crippen molar-refractivity contribution in [2.75, 3.05) is 0 Å². The zero-order chi connectivity index (χ0) is 21.0. The summed E-state index contributed by atoms with van der Waals surface area (Å²) in [5, 5.41) is 14.5. The van der Waals surface area contributed by atoms with E-state index in [9.17, 15) is 19.5 Å². The van der Waals surface area contributed by atoms with Crippen LogP contribution in [0, 0.1) is 0 Å². The van der Waals surface area contributed by atoms with Crippen molar-refractivity contribution in [3.05, 3.63) is 81.5 Å². The molecule has 1 aliphatic heterocycles. The molecule has 2 amide bonds. The number of amides is 2. The van der Waals surface area contributed by atoms with Gasteiger partial charge in [0.2, 0.25) is 0 Å². The predicted octanol–water partition coefficient (Wildman–Crippen LogP) is 3.78. The van der Waals surface area contributed by atoms with Crippen molar-refractivity contribution in [1.82, 2.24) is 10.6 Å². The van der Waals surface area contributed by atoms with Crippen LogP contribution < -0.4 is 15.4 Å². The maximum Gasteiger partial charge on any atom is 0.336 e. The molecule has 0 fully saturated rings. The van der Waals surface area contributed by atoms with Crippen LogP contribution in [-0.2, 0) is 9.59 Å². The van der Waals surface area contributed by atoms with Crippen molar-refractivity contribution in [2.24, 2.45) is 0 Å². The van der Waals surface area contributed by atoms with Gasteiger partial charge in [-0.15, -0.1) is 0 Å². The van der Waals surface area contributed by atoms with Gasteiger partial charge in [0.05, 0.1) is 16.1 Å². The lowest BCUT2D eigenvalue weighted by Crippen LogP contribution is -2.45. The molecule has 1 unspecified atom stereocenters. The molecule has 2 aromatic rings. The van der Waals surface area contributed by atoms with Crippen LogP contribution in [0.15, 0.2) is 70.3 Å². The molecule has 148 valence electrons. The van der Waals surface area contributed by atoms with Gasteiger partial charge in [-0.05, 0) is 52.2 Å². The van der Waals surface area contributed by atoms with E-state index in [2.05, 4.69) is 26.6 Å². The normalized spacial score (nSPS) is 16.3. The summed E-state index contributed by atoms with van der Waals surface area (Å²) in [4.78, 5) is 35.4. The molecular weight excluding hydrogens is 440 g/mol. The summed E-state index contributed by atoms with van der Waals surface area (Å²) in [6, 6.07) is 12.7. The second-order valence-corrected chi connectivity index (χ2v) is 7.08. The summed E-state index contributed by atoms with van der Waals surface area (Å²) >= 11 is 3.33. The number of esters is 1. The number of urea groups is 1. The molecule has 7 nitrogen and oxygen atoms in total. The second kappa shape index (κ2) is 8.74. The quantitative estimate of drug-likeness (QED) is 0.360. The van der Waals surface area contributed by atoms with Gasteiger partial charge in [0.25, 0.3) is 0 Å². The Kier molecular flexibility index (Phi) is 6.13. The highest BCUT2D eigenvalue weighted by Gasteiger charge is 2.31. The number of hydrogen-bond donors (Lipinski definition) is 3. The third-order valence-electron chi connectivity index (χ3n) is 4.21. The van der Waals surface area contributed by atoms with Gasteiger partial charge in [-0.1, -0.05) is 36.4 Å². The number of carbonyl (C=O) groups excluding carboxylic acids is 2. The first-order valence-corrected chi connectivity index (χ1v) is 9.40. The lowest BCUT2D eigenvalue weighted by Gasteiger charge is -2.27. The van der Waals surface area contributed by atoms with Crippen LogP contribution in [0.1, 0.15) is 24.1 Å². The molecule has 3 rings (SSSR count).